The molecule has 0 spiro atoms. The van der Waals surface area contributed by atoms with Crippen LogP contribution in [0.15, 0.2) is 30.5 Å². The number of aryl methyl sites for hydroxylation is 1. The van der Waals surface area contributed by atoms with Gasteiger partial charge in [-0.25, -0.2) is 13.1 Å². The molecule has 0 aliphatic carbocycles. The molecule has 0 amide bonds. The molecule has 130 valence electrons. The van der Waals surface area contributed by atoms with Gasteiger partial charge in [0.15, 0.2) is 0 Å². The highest BCUT2D eigenvalue weighted by atomic mass is 32.2. The molecule has 0 saturated heterocycles. The van der Waals surface area contributed by atoms with Gasteiger partial charge in [-0.05, 0) is 31.5 Å². The first-order valence-corrected chi connectivity index (χ1v) is 9.92. The number of pyridine rings is 1. The van der Waals surface area contributed by atoms with Gasteiger partial charge in [0, 0.05) is 38.1 Å². The summed E-state index contributed by atoms with van der Waals surface area (Å²) < 4.78 is 27.1. The number of aromatic nitrogens is 3. The number of nitrogens with one attached hydrogen (secondary N) is 1. The Hall–Kier alpha value is -1.77. The Labute approximate surface area is 142 Å². The molecule has 1 atom stereocenters. The van der Waals surface area contributed by atoms with E-state index in [-0.39, 0.29) is 6.04 Å². The SMILES string of the molecule is Cc1cccc(CN2Cc3ccnn3[C@H](CCNS(C)(=O)=O)C2)n1. The number of hydrogen-bond acceptors (Lipinski definition) is 5. The van der Waals surface area contributed by atoms with Crippen LogP contribution >= 0.6 is 0 Å². The number of hydrogen-bond donors (Lipinski definition) is 1. The van der Waals surface area contributed by atoms with Gasteiger partial charge in [0.1, 0.15) is 0 Å². The van der Waals surface area contributed by atoms with Crippen molar-refractivity contribution >= 4 is 10.0 Å². The van der Waals surface area contributed by atoms with Crippen LogP contribution in [0.4, 0.5) is 0 Å². The van der Waals surface area contributed by atoms with Crippen molar-refractivity contribution in [3.63, 3.8) is 0 Å². The summed E-state index contributed by atoms with van der Waals surface area (Å²) >= 11 is 0. The Balaban J connectivity index is 1.68. The topological polar surface area (TPSA) is 80.1 Å². The molecule has 1 aliphatic rings. The zero-order chi connectivity index (χ0) is 17.2. The van der Waals surface area contributed by atoms with E-state index < -0.39 is 10.0 Å². The van der Waals surface area contributed by atoms with Crippen molar-refractivity contribution in [2.75, 3.05) is 19.3 Å². The lowest BCUT2D eigenvalue weighted by Crippen LogP contribution is -2.39. The lowest BCUT2D eigenvalue weighted by atomic mass is 10.1. The van der Waals surface area contributed by atoms with Gasteiger partial charge in [0.05, 0.1) is 23.7 Å². The Bertz CT molecular complexity index is 802. The second-order valence-corrected chi connectivity index (χ2v) is 8.15. The van der Waals surface area contributed by atoms with Crippen molar-refractivity contribution in [1.29, 1.82) is 0 Å². The molecule has 1 N–H and O–H groups in total. The van der Waals surface area contributed by atoms with Crippen molar-refractivity contribution in [3.8, 4) is 0 Å². The minimum absolute atomic E-state index is 0.155. The molecule has 24 heavy (non-hydrogen) atoms. The quantitative estimate of drug-likeness (QED) is 0.844. The largest absolute Gasteiger partial charge is 0.290 e. The maximum absolute atomic E-state index is 11.3. The fourth-order valence-corrected chi connectivity index (χ4v) is 3.61. The molecule has 7 nitrogen and oxygen atoms in total. The molecule has 2 aromatic heterocycles. The maximum Gasteiger partial charge on any atom is 0.208 e. The average Bonchev–Trinajstić information content (AvgIpc) is 2.94. The fourth-order valence-electron chi connectivity index (χ4n) is 3.13. The summed E-state index contributed by atoms with van der Waals surface area (Å²) in [4.78, 5) is 6.91. The Kier molecular flexibility index (Phi) is 4.98. The molecule has 3 heterocycles. The first-order valence-electron chi connectivity index (χ1n) is 8.02. The van der Waals surface area contributed by atoms with Gasteiger partial charge in [-0.15, -0.1) is 0 Å². The molecule has 3 rings (SSSR count). The summed E-state index contributed by atoms with van der Waals surface area (Å²) in [5.74, 6) is 0. The summed E-state index contributed by atoms with van der Waals surface area (Å²) in [7, 11) is -3.16. The number of rotatable bonds is 6. The third kappa shape index (κ3) is 4.40. The lowest BCUT2D eigenvalue weighted by Gasteiger charge is -2.33. The minimum atomic E-state index is -3.16. The summed E-state index contributed by atoms with van der Waals surface area (Å²) in [5, 5.41) is 4.41. The first-order chi connectivity index (χ1) is 11.4. The van der Waals surface area contributed by atoms with Gasteiger partial charge >= 0.3 is 0 Å². The normalized spacial score (nSPS) is 18.5. The third-order valence-corrected chi connectivity index (χ3v) is 4.85. The average molecular weight is 349 g/mol. The molecule has 0 saturated carbocycles. The smallest absolute Gasteiger partial charge is 0.208 e. The van der Waals surface area contributed by atoms with Gasteiger partial charge in [-0.1, -0.05) is 6.07 Å². The molecule has 0 aromatic carbocycles. The van der Waals surface area contributed by atoms with Crippen molar-refractivity contribution in [1.82, 2.24) is 24.4 Å². The monoisotopic (exact) mass is 349 g/mol. The molecule has 0 bridgehead atoms. The van der Waals surface area contributed by atoms with Crippen LogP contribution in [0.25, 0.3) is 0 Å². The summed E-state index contributed by atoms with van der Waals surface area (Å²) in [6.07, 6.45) is 3.70. The molecule has 0 radical (unpaired) electrons. The van der Waals surface area contributed by atoms with Gasteiger partial charge < -0.3 is 0 Å². The summed E-state index contributed by atoms with van der Waals surface area (Å²) in [5.41, 5.74) is 3.22. The lowest BCUT2D eigenvalue weighted by molar-refractivity contribution is 0.160. The highest BCUT2D eigenvalue weighted by molar-refractivity contribution is 7.88. The van der Waals surface area contributed by atoms with Gasteiger partial charge in [-0.3, -0.25) is 14.6 Å². The van der Waals surface area contributed by atoms with Crippen LogP contribution in [0.1, 0.15) is 29.5 Å². The van der Waals surface area contributed by atoms with Crippen LogP contribution in [0.2, 0.25) is 0 Å². The van der Waals surface area contributed by atoms with E-state index in [1.807, 2.05) is 35.9 Å². The fraction of sp³-hybridized carbons (Fsp3) is 0.500. The van der Waals surface area contributed by atoms with Crippen LogP contribution in [-0.4, -0.2) is 47.4 Å². The number of sulfonamides is 1. The van der Waals surface area contributed by atoms with Crippen LogP contribution in [-0.2, 0) is 23.1 Å². The van der Waals surface area contributed by atoms with Crippen LogP contribution in [0, 0.1) is 6.92 Å². The van der Waals surface area contributed by atoms with E-state index in [2.05, 4.69) is 19.7 Å². The predicted octanol–water partition coefficient (Wildman–Crippen LogP) is 1.08. The van der Waals surface area contributed by atoms with Crippen LogP contribution in [0.5, 0.6) is 0 Å². The highest BCUT2D eigenvalue weighted by Gasteiger charge is 2.25. The van der Waals surface area contributed by atoms with Crippen molar-refractivity contribution in [2.24, 2.45) is 0 Å². The second kappa shape index (κ2) is 7.00. The standard InChI is InChI=1S/C16H23N5O2S/c1-13-4-3-5-14(19-13)10-20-11-15-6-8-17-21(15)16(12-20)7-9-18-24(2,22)23/h3-6,8,16,18H,7,9-12H2,1-2H3/t16-/m1/s1. The zero-order valence-electron chi connectivity index (χ0n) is 14.0. The number of nitrogens with zero attached hydrogens (tertiary/aromatic N) is 4. The molecule has 1 aliphatic heterocycles. The first kappa shape index (κ1) is 17.1. The highest BCUT2D eigenvalue weighted by Crippen LogP contribution is 2.23. The van der Waals surface area contributed by atoms with E-state index >= 15 is 0 Å². The van der Waals surface area contributed by atoms with Crippen LogP contribution < -0.4 is 4.72 Å². The van der Waals surface area contributed by atoms with E-state index in [0.717, 1.165) is 36.7 Å². The van der Waals surface area contributed by atoms with E-state index in [0.29, 0.717) is 13.0 Å². The van der Waals surface area contributed by atoms with Gasteiger partial charge in [0.25, 0.3) is 0 Å². The third-order valence-electron chi connectivity index (χ3n) is 4.13. The van der Waals surface area contributed by atoms with E-state index in [9.17, 15) is 8.42 Å². The molecule has 8 heteroatoms. The van der Waals surface area contributed by atoms with E-state index in [4.69, 9.17) is 0 Å². The molecule has 2 aromatic rings. The van der Waals surface area contributed by atoms with Crippen molar-refractivity contribution < 1.29 is 8.42 Å². The van der Waals surface area contributed by atoms with Crippen LogP contribution in [0.3, 0.4) is 0 Å². The second-order valence-electron chi connectivity index (χ2n) is 6.32. The predicted molar refractivity (Wildman–Crippen MR) is 91.8 cm³/mol. The van der Waals surface area contributed by atoms with E-state index in [1.54, 1.807) is 6.20 Å². The zero-order valence-corrected chi connectivity index (χ0v) is 14.8. The van der Waals surface area contributed by atoms with Crippen molar-refractivity contribution in [2.45, 2.75) is 32.5 Å². The van der Waals surface area contributed by atoms with E-state index in [1.165, 1.54) is 6.26 Å². The number of fused-ring (bicyclic) bond motifs is 1. The molecule has 0 fully saturated rings. The molecule has 0 unspecified atom stereocenters. The minimum Gasteiger partial charge on any atom is -0.290 e. The van der Waals surface area contributed by atoms with Gasteiger partial charge in [0.2, 0.25) is 10.0 Å². The summed E-state index contributed by atoms with van der Waals surface area (Å²) in [6.45, 7) is 4.85. The Morgan fingerprint density at radius 2 is 2.17 bits per heavy atom. The summed E-state index contributed by atoms with van der Waals surface area (Å²) in [6, 6.07) is 8.24. The Morgan fingerprint density at radius 1 is 1.33 bits per heavy atom. The van der Waals surface area contributed by atoms with Crippen molar-refractivity contribution in [3.05, 3.63) is 47.5 Å². The molecular formula is C16H23N5O2S. The Morgan fingerprint density at radius 3 is 2.92 bits per heavy atom. The maximum atomic E-state index is 11.3. The molecular weight excluding hydrogens is 326 g/mol. The van der Waals surface area contributed by atoms with Gasteiger partial charge in [-0.2, -0.15) is 5.10 Å².